The molecule has 126 valence electrons. The normalized spacial score (nSPS) is 17.4. The zero-order valence-corrected chi connectivity index (χ0v) is 15.8. The lowest BCUT2D eigenvalue weighted by molar-refractivity contribution is -0.122. The van der Waals surface area contributed by atoms with Crippen LogP contribution in [-0.4, -0.2) is 28.6 Å². The Hall–Kier alpha value is -1.80. The molecule has 3 rings (SSSR count). The van der Waals surface area contributed by atoms with Crippen LogP contribution in [0.25, 0.3) is 0 Å². The van der Waals surface area contributed by atoms with Crippen molar-refractivity contribution in [2.75, 3.05) is 16.8 Å². The van der Waals surface area contributed by atoms with Gasteiger partial charge in [0.15, 0.2) is 0 Å². The third kappa shape index (κ3) is 3.49. The molecular formula is C16H17BrN4O2S. The van der Waals surface area contributed by atoms with Crippen LogP contribution in [0.5, 0.6) is 0 Å². The van der Waals surface area contributed by atoms with Crippen molar-refractivity contribution in [1.29, 1.82) is 0 Å². The van der Waals surface area contributed by atoms with Gasteiger partial charge in [0.1, 0.15) is 5.01 Å². The molecule has 24 heavy (non-hydrogen) atoms. The average Bonchev–Trinajstić information content (AvgIpc) is 3.14. The van der Waals surface area contributed by atoms with E-state index >= 15 is 0 Å². The van der Waals surface area contributed by atoms with E-state index < -0.39 is 0 Å². The molecule has 2 heterocycles. The smallest absolute Gasteiger partial charge is 0.231 e. The van der Waals surface area contributed by atoms with Gasteiger partial charge < -0.3 is 10.2 Å². The number of nitrogens with zero attached hydrogens (tertiary/aromatic N) is 3. The summed E-state index contributed by atoms with van der Waals surface area (Å²) in [6, 6.07) is 5.76. The molecule has 1 atom stereocenters. The van der Waals surface area contributed by atoms with Crippen molar-refractivity contribution in [3.05, 3.63) is 33.2 Å². The predicted octanol–water partition coefficient (Wildman–Crippen LogP) is 3.16. The number of halogens is 1. The Balaban J connectivity index is 1.70. The third-order valence-corrected chi connectivity index (χ3v) is 5.42. The van der Waals surface area contributed by atoms with Gasteiger partial charge in [0.05, 0.1) is 5.92 Å². The molecule has 1 saturated heterocycles. The maximum atomic E-state index is 12.4. The van der Waals surface area contributed by atoms with Gasteiger partial charge in [-0.2, -0.15) is 0 Å². The minimum absolute atomic E-state index is 0.0351. The van der Waals surface area contributed by atoms with Gasteiger partial charge in [-0.25, -0.2) is 0 Å². The molecule has 0 saturated carbocycles. The Bertz CT molecular complexity index is 792. The summed E-state index contributed by atoms with van der Waals surface area (Å²) < 4.78 is 0.965. The van der Waals surface area contributed by atoms with Crippen LogP contribution in [0.2, 0.25) is 0 Å². The molecule has 2 aromatic rings. The van der Waals surface area contributed by atoms with Crippen molar-refractivity contribution in [3.8, 4) is 0 Å². The molecule has 1 aliphatic heterocycles. The fraction of sp³-hybridized carbons (Fsp3) is 0.375. The lowest BCUT2D eigenvalue weighted by atomic mass is 10.1. The number of rotatable bonds is 4. The fourth-order valence-corrected chi connectivity index (χ4v) is 3.85. The fourth-order valence-electron chi connectivity index (χ4n) is 2.69. The number of carbonyl (C=O) groups is 2. The molecule has 0 radical (unpaired) electrons. The number of hydrogen-bond acceptors (Lipinski definition) is 5. The van der Waals surface area contributed by atoms with E-state index in [9.17, 15) is 9.59 Å². The highest BCUT2D eigenvalue weighted by Gasteiger charge is 2.36. The first-order valence-electron chi connectivity index (χ1n) is 7.67. The molecular weight excluding hydrogens is 392 g/mol. The maximum Gasteiger partial charge on any atom is 0.231 e. The molecule has 0 spiro atoms. The Labute approximate surface area is 152 Å². The van der Waals surface area contributed by atoms with Gasteiger partial charge in [-0.3, -0.25) is 9.59 Å². The number of anilines is 2. The molecule has 0 aliphatic carbocycles. The number of benzene rings is 1. The SMILES string of the molecule is CCc1nnc(NC(=O)[C@@H]2CC(=O)N(c3ccc(Br)cc3C)C2)s1. The Morgan fingerprint density at radius 3 is 2.92 bits per heavy atom. The van der Waals surface area contributed by atoms with Gasteiger partial charge in [0, 0.05) is 23.1 Å². The standard InChI is InChI=1S/C16H17BrN4O2S/c1-3-13-19-20-16(24-13)18-15(23)10-7-14(22)21(8-10)12-5-4-11(17)6-9(12)2/h4-6,10H,3,7-8H2,1-2H3,(H,18,20,23)/t10-/m1/s1. The van der Waals surface area contributed by atoms with Gasteiger partial charge >= 0.3 is 0 Å². The zero-order valence-electron chi connectivity index (χ0n) is 13.4. The quantitative estimate of drug-likeness (QED) is 0.842. The van der Waals surface area contributed by atoms with Crippen LogP contribution in [0, 0.1) is 12.8 Å². The summed E-state index contributed by atoms with van der Waals surface area (Å²) in [7, 11) is 0. The van der Waals surface area contributed by atoms with E-state index in [0.717, 1.165) is 27.2 Å². The minimum Gasteiger partial charge on any atom is -0.311 e. The molecule has 1 aromatic carbocycles. The van der Waals surface area contributed by atoms with E-state index in [2.05, 4.69) is 31.4 Å². The molecule has 8 heteroatoms. The second kappa shape index (κ2) is 6.98. The summed E-state index contributed by atoms with van der Waals surface area (Å²) in [6.45, 7) is 4.32. The van der Waals surface area contributed by atoms with Gasteiger partial charge in [0.2, 0.25) is 16.9 Å². The van der Waals surface area contributed by atoms with Crippen LogP contribution in [0.3, 0.4) is 0 Å². The monoisotopic (exact) mass is 408 g/mol. The highest BCUT2D eigenvalue weighted by molar-refractivity contribution is 9.10. The van der Waals surface area contributed by atoms with Gasteiger partial charge in [-0.15, -0.1) is 10.2 Å². The van der Waals surface area contributed by atoms with Crippen LogP contribution in [0.15, 0.2) is 22.7 Å². The number of carbonyl (C=O) groups excluding carboxylic acids is 2. The highest BCUT2D eigenvalue weighted by Crippen LogP contribution is 2.30. The van der Waals surface area contributed by atoms with Crippen LogP contribution < -0.4 is 10.2 Å². The average molecular weight is 409 g/mol. The van der Waals surface area contributed by atoms with Crippen molar-refractivity contribution in [2.45, 2.75) is 26.7 Å². The van der Waals surface area contributed by atoms with Crippen molar-refractivity contribution < 1.29 is 9.59 Å². The molecule has 0 bridgehead atoms. The molecule has 1 N–H and O–H groups in total. The number of amides is 2. The Morgan fingerprint density at radius 2 is 2.25 bits per heavy atom. The lowest BCUT2D eigenvalue weighted by Crippen LogP contribution is -2.28. The van der Waals surface area contributed by atoms with Crippen LogP contribution in [-0.2, 0) is 16.0 Å². The predicted molar refractivity (Wildman–Crippen MR) is 97.3 cm³/mol. The number of aromatic nitrogens is 2. The van der Waals surface area contributed by atoms with Crippen LogP contribution in [0.1, 0.15) is 23.9 Å². The lowest BCUT2D eigenvalue weighted by Gasteiger charge is -2.19. The molecule has 2 amide bonds. The second-order valence-electron chi connectivity index (χ2n) is 5.68. The molecule has 6 nitrogen and oxygen atoms in total. The molecule has 1 aliphatic rings. The topological polar surface area (TPSA) is 75.2 Å². The minimum atomic E-state index is -0.380. The zero-order chi connectivity index (χ0) is 17.3. The number of nitrogens with one attached hydrogen (secondary N) is 1. The van der Waals surface area contributed by atoms with Crippen molar-refractivity contribution in [2.24, 2.45) is 5.92 Å². The maximum absolute atomic E-state index is 12.4. The van der Waals surface area contributed by atoms with Gasteiger partial charge in [-0.05, 0) is 37.1 Å². The van der Waals surface area contributed by atoms with E-state index in [1.807, 2.05) is 32.0 Å². The first-order valence-corrected chi connectivity index (χ1v) is 9.28. The van der Waals surface area contributed by atoms with Gasteiger partial charge in [-0.1, -0.05) is 34.2 Å². The van der Waals surface area contributed by atoms with Crippen LogP contribution in [0.4, 0.5) is 10.8 Å². The largest absolute Gasteiger partial charge is 0.311 e. The Morgan fingerprint density at radius 1 is 1.46 bits per heavy atom. The summed E-state index contributed by atoms with van der Waals surface area (Å²) >= 11 is 4.78. The Kier molecular flexibility index (Phi) is 4.96. The van der Waals surface area contributed by atoms with E-state index in [-0.39, 0.29) is 24.2 Å². The first kappa shape index (κ1) is 17.0. The van der Waals surface area contributed by atoms with E-state index in [0.29, 0.717) is 11.7 Å². The third-order valence-electron chi connectivity index (χ3n) is 3.94. The van der Waals surface area contributed by atoms with E-state index in [1.54, 1.807) is 4.90 Å². The number of hydrogen-bond donors (Lipinski definition) is 1. The van der Waals surface area contributed by atoms with E-state index in [1.165, 1.54) is 11.3 Å². The van der Waals surface area contributed by atoms with E-state index in [4.69, 9.17) is 0 Å². The first-order chi connectivity index (χ1) is 11.5. The van der Waals surface area contributed by atoms with Gasteiger partial charge in [0.25, 0.3) is 0 Å². The van der Waals surface area contributed by atoms with Crippen molar-refractivity contribution in [3.63, 3.8) is 0 Å². The summed E-state index contributed by atoms with van der Waals surface area (Å²) in [5, 5.41) is 12.1. The summed E-state index contributed by atoms with van der Waals surface area (Å²) in [5.74, 6) is -0.596. The highest BCUT2D eigenvalue weighted by atomic mass is 79.9. The van der Waals surface area contributed by atoms with Crippen molar-refractivity contribution in [1.82, 2.24) is 10.2 Å². The summed E-state index contributed by atoms with van der Waals surface area (Å²) in [5.41, 5.74) is 1.85. The number of aryl methyl sites for hydroxylation is 2. The molecule has 1 fully saturated rings. The van der Waals surface area contributed by atoms with Crippen LogP contribution >= 0.6 is 27.3 Å². The second-order valence-corrected chi connectivity index (χ2v) is 7.66. The summed E-state index contributed by atoms with van der Waals surface area (Å²) in [6.07, 6.45) is 0.993. The van der Waals surface area contributed by atoms with Crippen molar-refractivity contribution >= 4 is 49.9 Å². The summed E-state index contributed by atoms with van der Waals surface area (Å²) in [4.78, 5) is 26.4. The molecule has 0 unspecified atom stereocenters. The molecule has 1 aromatic heterocycles.